The maximum absolute atomic E-state index is 13.0. The lowest BCUT2D eigenvalue weighted by Gasteiger charge is -2.07. The average molecular weight is 359 g/mol. The molecule has 0 atom stereocenters. The lowest BCUT2D eigenvalue weighted by molar-refractivity contribution is 0.0672. The lowest BCUT2D eigenvalue weighted by Crippen LogP contribution is -2.12. The Bertz CT molecular complexity index is 1020. The first-order valence-corrected chi connectivity index (χ1v) is 8.99. The molecule has 0 N–H and O–H groups in total. The number of nitrogens with zero attached hydrogens (tertiary/aromatic N) is 1. The average Bonchev–Trinajstić information content (AvgIpc) is 2.99. The van der Waals surface area contributed by atoms with Crippen molar-refractivity contribution >= 4 is 27.1 Å². The Balaban J connectivity index is 2.10. The summed E-state index contributed by atoms with van der Waals surface area (Å²) in [7, 11) is -2.54. The van der Waals surface area contributed by atoms with E-state index in [-0.39, 0.29) is 11.5 Å². The molecule has 7 heteroatoms. The van der Waals surface area contributed by atoms with E-state index < -0.39 is 16.2 Å². The molecule has 3 rings (SSSR count). The van der Waals surface area contributed by atoms with E-state index in [1.165, 1.54) is 17.3 Å². The van der Waals surface area contributed by atoms with Gasteiger partial charge in [0.05, 0.1) is 17.5 Å². The van der Waals surface area contributed by atoms with Gasteiger partial charge < -0.3 is 9.47 Å². The van der Waals surface area contributed by atoms with Crippen molar-refractivity contribution in [2.24, 2.45) is 0 Å². The van der Waals surface area contributed by atoms with Crippen LogP contribution in [0.2, 0.25) is 0 Å². The second-order valence-electron chi connectivity index (χ2n) is 5.53. The van der Waals surface area contributed by atoms with Gasteiger partial charge in [0.2, 0.25) is 0 Å². The van der Waals surface area contributed by atoms with Crippen molar-refractivity contribution in [2.45, 2.75) is 18.4 Å². The van der Waals surface area contributed by atoms with Gasteiger partial charge in [0.15, 0.2) is 0 Å². The van der Waals surface area contributed by atoms with Crippen LogP contribution in [0.15, 0.2) is 59.6 Å². The normalized spacial score (nSPS) is 11.4. The third-order valence-electron chi connectivity index (χ3n) is 3.85. The Morgan fingerprint density at radius 1 is 1.08 bits per heavy atom. The first-order chi connectivity index (χ1) is 11.9. The molecule has 0 fully saturated rings. The van der Waals surface area contributed by atoms with Crippen molar-refractivity contribution in [3.8, 4) is 0 Å². The molecule has 25 heavy (non-hydrogen) atoms. The first kappa shape index (κ1) is 17.0. The number of carbonyl (C=O) groups is 1. The SMILES string of the molecule is COC(=O)OCc1cn(S(=O)(=O)c2ccc(C)cc2)c2ccccc12. The summed E-state index contributed by atoms with van der Waals surface area (Å²) in [5.74, 6) is 0. The van der Waals surface area contributed by atoms with E-state index in [1.807, 2.05) is 6.92 Å². The first-order valence-electron chi connectivity index (χ1n) is 7.55. The van der Waals surface area contributed by atoms with Crippen LogP contribution in [0.5, 0.6) is 0 Å². The number of hydrogen-bond acceptors (Lipinski definition) is 5. The molecule has 0 unspecified atom stereocenters. The maximum Gasteiger partial charge on any atom is 0.508 e. The van der Waals surface area contributed by atoms with Gasteiger partial charge in [-0.05, 0) is 25.1 Å². The summed E-state index contributed by atoms with van der Waals surface area (Å²) in [5, 5.41) is 0.696. The summed E-state index contributed by atoms with van der Waals surface area (Å²) in [5.41, 5.74) is 2.08. The highest BCUT2D eigenvalue weighted by atomic mass is 32.2. The number of methoxy groups -OCH3 is 1. The van der Waals surface area contributed by atoms with Gasteiger partial charge in [0, 0.05) is 17.1 Å². The molecule has 0 aliphatic carbocycles. The van der Waals surface area contributed by atoms with Gasteiger partial charge in [-0.2, -0.15) is 0 Å². The van der Waals surface area contributed by atoms with Crippen LogP contribution in [-0.2, 0) is 26.1 Å². The molecule has 6 nitrogen and oxygen atoms in total. The summed E-state index contributed by atoms with van der Waals surface area (Å²) < 4.78 is 36.6. The fourth-order valence-electron chi connectivity index (χ4n) is 2.55. The van der Waals surface area contributed by atoms with E-state index in [2.05, 4.69) is 4.74 Å². The van der Waals surface area contributed by atoms with Crippen molar-refractivity contribution in [3.63, 3.8) is 0 Å². The number of hydrogen-bond donors (Lipinski definition) is 0. The van der Waals surface area contributed by atoms with Crippen LogP contribution in [0.1, 0.15) is 11.1 Å². The number of aryl methyl sites for hydroxylation is 1. The van der Waals surface area contributed by atoms with Gasteiger partial charge in [-0.25, -0.2) is 17.2 Å². The summed E-state index contributed by atoms with van der Waals surface area (Å²) in [6, 6.07) is 13.7. The van der Waals surface area contributed by atoms with Gasteiger partial charge in [-0.1, -0.05) is 35.9 Å². The second-order valence-corrected chi connectivity index (χ2v) is 7.34. The molecule has 0 aliphatic heterocycles. The van der Waals surface area contributed by atoms with Crippen molar-refractivity contribution in [3.05, 3.63) is 65.9 Å². The number of carbonyl (C=O) groups excluding carboxylic acids is 1. The highest BCUT2D eigenvalue weighted by Crippen LogP contribution is 2.26. The fourth-order valence-corrected chi connectivity index (χ4v) is 3.94. The van der Waals surface area contributed by atoms with Crippen molar-refractivity contribution in [1.82, 2.24) is 3.97 Å². The van der Waals surface area contributed by atoms with E-state index in [1.54, 1.807) is 48.5 Å². The van der Waals surface area contributed by atoms with Gasteiger partial charge in [-0.15, -0.1) is 0 Å². The third kappa shape index (κ3) is 3.23. The molecule has 2 aromatic carbocycles. The minimum absolute atomic E-state index is 0.0798. The molecule has 0 spiro atoms. The van der Waals surface area contributed by atoms with Gasteiger partial charge >= 0.3 is 6.16 Å². The van der Waals surface area contributed by atoms with Gasteiger partial charge in [0.1, 0.15) is 6.61 Å². The Morgan fingerprint density at radius 3 is 2.44 bits per heavy atom. The standard InChI is InChI=1S/C18H17NO5S/c1-13-7-9-15(10-8-13)25(21,22)19-11-14(12-24-18(20)23-2)16-5-3-4-6-17(16)19/h3-11H,12H2,1-2H3. The number of rotatable bonds is 4. The lowest BCUT2D eigenvalue weighted by atomic mass is 10.2. The van der Waals surface area contributed by atoms with Crippen LogP contribution in [0.4, 0.5) is 4.79 Å². The number of benzene rings is 2. The molecule has 0 bridgehead atoms. The zero-order valence-corrected chi connectivity index (χ0v) is 14.6. The summed E-state index contributed by atoms with van der Waals surface area (Å²) >= 11 is 0. The molecule has 0 radical (unpaired) electrons. The molecule has 0 amide bonds. The molecule has 1 heterocycles. The molecular weight excluding hydrogens is 342 g/mol. The van der Waals surface area contributed by atoms with Crippen LogP contribution in [-0.4, -0.2) is 25.7 Å². The minimum Gasteiger partial charge on any atom is -0.438 e. The number of fused-ring (bicyclic) bond motifs is 1. The van der Waals surface area contributed by atoms with E-state index >= 15 is 0 Å². The molecule has 1 aromatic heterocycles. The predicted molar refractivity (Wildman–Crippen MR) is 92.9 cm³/mol. The highest BCUT2D eigenvalue weighted by molar-refractivity contribution is 7.90. The maximum atomic E-state index is 13.0. The zero-order valence-electron chi connectivity index (χ0n) is 13.8. The number of aromatic nitrogens is 1. The monoisotopic (exact) mass is 359 g/mol. The summed E-state index contributed by atoms with van der Waals surface area (Å²) in [6.45, 7) is 1.81. The van der Waals surface area contributed by atoms with Crippen molar-refractivity contribution in [1.29, 1.82) is 0 Å². The van der Waals surface area contributed by atoms with E-state index in [0.29, 0.717) is 16.5 Å². The molecular formula is C18H17NO5S. The van der Waals surface area contributed by atoms with E-state index in [4.69, 9.17) is 4.74 Å². The fraction of sp³-hybridized carbons (Fsp3) is 0.167. The summed E-state index contributed by atoms with van der Waals surface area (Å²) in [4.78, 5) is 11.4. The summed E-state index contributed by atoms with van der Waals surface area (Å²) in [6.07, 6.45) is 0.654. The topological polar surface area (TPSA) is 74.6 Å². The van der Waals surface area contributed by atoms with Crippen LogP contribution in [0.25, 0.3) is 10.9 Å². The molecule has 0 saturated heterocycles. The minimum atomic E-state index is -3.76. The van der Waals surface area contributed by atoms with Gasteiger partial charge in [0.25, 0.3) is 10.0 Å². The smallest absolute Gasteiger partial charge is 0.438 e. The van der Waals surface area contributed by atoms with E-state index in [0.717, 1.165) is 5.56 Å². The number of ether oxygens (including phenoxy) is 2. The van der Waals surface area contributed by atoms with Crippen LogP contribution in [0, 0.1) is 6.92 Å². The third-order valence-corrected chi connectivity index (χ3v) is 5.54. The Kier molecular flexibility index (Phi) is 4.50. The zero-order chi connectivity index (χ0) is 18.0. The quantitative estimate of drug-likeness (QED) is 0.667. The van der Waals surface area contributed by atoms with E-state index in [9.17, 15) is 13.2 Å². The van der Waals surface area contributed by atoms with Crippen LogP contribution >= 0.6 is 0 Å². The Hall–Kier alpha value is -2.80. The van der Waals surface area contributed by atoms with Crippen LogP contribution < -0.4 is 0 Å². The number of para-hydroxylation sites is 1. The van der Waals surface area contributed by atoms with Gasteiger partial charge in [-0.3, -0.25) is 0 Å². The molecule has 3 aromatic rings. The predicted octanol–water partition coefficient (Wildman–Crippen LogP) is 3.47. The van der Waals surface area contributed by atoms with Crippen molar-refractivity contribution < 1.29 is 22.7 Å². The highest BCUT2D eigenvalue weighted by Gasteiger charge is 2.21. The molecule has 0 saturated carbocycles. The molecule has 130 valence electrons. The second kappa shape index (κ2) is 6.60. The van der Waals surface area contributed by atoms with Crippen molar-refractivity contribution in [2.75, 3.05) is 7.11 Å². The molecule has 0 aliphatic rings. The Morgan fingerprint density at radius 2 is 1.76 bits per heavy atom. The Labute approximate surface area is 145 Å². The largest absolute Gasteiger partial charge is 0.508 e. The van der Waals surface area contributed by atoms with Crippen LogP contribution in [0.3, 0.4) is 0 Å².